The Morgan fingerprint density at radius 2 is 2.25 bits per heavy atom. The van der Waals surface area contributed by atoms with E-state index in [0.29, 0.717) is 6.42 Å². The summed E-state index contributed by atoms with van der Waals surface area (Å²) < 4.78 is 22.7. The van der Waals surface area contributed by atoms with Crippen molar-refractivity contribution < 1.29 is 13.5 Å². The summed E-state index contributed by atoms with van der Waals surface area (Å²) in [6.45, 7) is 1.76. The van der Waals surface area contributed by atoms with E-state index in [0.717, 1.165) is 0 Å². The van der Waals surface area contributed by atoms with Gasteiger partial charge in [0.1, 0.15) is 0 Å². The molecule has 0 amide bonds. The van der Waals surface area contributed by atoms with Crippen LogP contribution in [0.3, 0.4) is 0 Å². The Hall–Kier alpha value is -0.130. The first-order valence-electron chi connectivity index (χ1n) is 4.05. The summed E-state index contributed by atoms with van der Waals surface area (Å²) in [5.74, 6) is 0.138. The second-order valence-electron chi connectivity index (χ2n) is 3.37. The summed E-state index contributed by atoms with van der Waals surface area (Å²) in [6, 6.07) is 0. The van der Waals surface area contributed by atoms with Crippen molar-refractivity contribution in [2.45, 2.75) is 18.6 Å². The van der Waals surface area contributed by atoms with Gasteiger partial charge in [0.15, 0.2) is 9.84 Å². The van der Waals surface area contributed by atoms with Crippen molar-refractivity contribution in [3.63, 3.8) is 0 Å². The number of hydrogen-bond donors (Lipinski definition) is 2. The molecule has 1 rings (SSSR count). The zero-order valence-corrected chi connectivity index (χ0v) is 7.97. The molecule has 4 nitrogen and oxygen atoms in total. The van der Waals surface area contributed by atoms with Crippen LogP contribution < -0.4 is 5.73 Å². The lowest BCUT2D eigenvalue weighted by Crippen LogP contribution is -2.27. The van der Waals surface area contributed by atoms with Crippen molar-refractivity contribution in [3.05, 3.63) is 0 Å². The molecule has 12 heavy (non-hydrogen) atoms. The van der Waals surface area contributed by atoms with E-state index in [4.69, 9.17) is 10.8 Å². The van der Waals surface area contributed by atoms with E-state index >= 15 is 0 Å². The molecule has 0 aromatic carbocycles. The molecular formula is C7H15NO3S. The molecule has 0 spiro atoms. The Labute approximate surface area is 72.7 Å². The van der Waals surface area contributed by atoms with Gasteiger partial charge in [-0.1, -0.05) is 6.92 Å². The van der Waals surface area contributed by atoms with Crippen LogP contribution >= 0.6 is 0 Å². The van der Waals surface area contributed by atoms with E-state index in [-0.39, 0.29) is 18.9 Å². The van der Waals surface area contributed by atoms with Gasteiger partial charge in [0.05, 0.1) is 11.9 Å². The molecule has 5 heteroatoms. The largest absolute Gasteiger partial charge is 0.396 e. The third-order valence-electron chi connectivity index (χ3n) is 2.67. The average Bonchev–Trinajstić information content (AvgIpc) is 2.80. The van der Waals surface area contributed by atoms with Crippen LogP contribution in [0, 0.1) is 5.41 Å². The number of rotatable bonds is 4. The molecule has 0 saturated heterocycles. The lowest BCUT2D eigenvalue weighted by Gasteiger charge is -2.09. The molecule has 2 atom stereocenters. The normalized spacial score (nSPS) is 35.1. The third kappa shape index (κ3) is 1.36. The summed E-state index contributed by atoms with van der Waals surface area (Å²) in [4.78, 5) is 0. The second kappa shape index (κ2) is 2.97. The summed E-state index contributed by atoms with van der Waals surface area (Å²) >= 11 is 0. The van der Waals surface area contributed by atoms with Gasteiger partial charge in [-0.2, -0.15) is 0 Å². The fourth-order valence-corrected chi connectivity index (χ4v) is 3.39. The van der Waals surface area contributed by atoms with Crippen molar-refractivity contribution in [1.82, 2.24) is 0 Å². The molecule has 3 N–H and O–H groups in total. The van der Waals surface area contributed by atoms with Crippen molar-refractivity contribution in [1.29, 1.82) is 0 Å². The highest BCUT2D eigenvalue weighted by Gasteiger charge is 2.59. The minimum Gasteiger partial charge on any atom is -0.396 e. The molecule has 0 radical (unpaired) electrons. The number of sulfone groups is 1. The maximum atomic E-state index is 11.3. The molecule has 1 fully saturated rings. The number of nitrogens with two attached hydrogens (primary N) is 1. The zero-order valence-electron chi connectivity index (χ0n) is 7.16. The molecule has 72 valence electrons. The van der Waals surface area contributed by atoms with Gasteiger partial charge >= 0.3 is 0 Å². The van der Waals surface area contributed by atoms with Gasteiger partial charge in [0.25, 0.3) is 0 Å². The van der Waals surface area contributed by atoms with Crippen LogP contribution in [-0.2, 0) is 9.84 Å². The van der Waals surface area contributed by atoms with Crippen molar-refractivity contribution in [2.24, 2.45) is 11.1 Å². The van der Waals surface area contributed by atoms with Gasteiger partial charge in [0, 0.05) is 17.7 Å². The topological polar surface area (TPSA) is 80.4 Å². The fourth-order valence-electron chi connectivity index (χ4n) is 1.47. The quantitative estimate of drug-likeness (QED) is 0.608. The fraction of sp³-hybridized carbons (Fsp3) is 1.00. The van der Waals surface area contributed by atoms with E-state index in [2.05, 4.69) is 0 Å². The number of aliphatic hydroxyl groups excluding tert-OH is 1. The molecule has 0 aromatic rings. The SMILES string of the molecule is CCS(=O)(=O)[C@@H]1C[C@]1(CN)CO. The summed E-state index contributed by atoms with van der Waals surface area (Å²) in [5, 5.41) is 8.54. The van der Waals surface area contributed by atoms with E-state index < -0.39 is 20.5 Å². The maximum Gasteiger partial charge on any atom is 0.153 e. The van der Waals surface area contributed by atoms with Crippen LogP contribution in [0.5, 0.6) is 0 Å². The lowest BCUT2D eigenvalue weighted by atomic mass is 10.1. The Balaban J connectivity index is 2.74. The standard InChI is InChI=1S/C7H15NO3S/c1-2-12(10,11)6-3-7(6,4-8)5-9/h6,9H,2-5,8H2,1H3/t6-,7+/m1/s1. The lowest BCUT2D eigenvalue weighted by molar-refractivity contribution is 0.217. The van der Waals surface area contributed by atoms with E-state index in [1.54, 1.807) is 6.92 Å². The molecule has 0 unspecified atom stereocenters. The summed E-state index contributed by atoms with van der Waals surface area (Å²) in [6.07, 6.45) is 0.524. The Morgan fingerprint density at radius 1 is 1.67 bits per heavy atom. The molecule has 0 bridgehead atoms. The maximum absolute atomic E-state index is 11.3. The summed E-state index contributed by atoms with van der Waals surface area (Å²) in [7, 11) is -3.00. The van der Waals surface area contributed by atoms with Gasteiger partial charge in [-0.25, -0.2) is 8.42 Å². The van der Waals surface area contributed by atoms with E-state index in [9.17, 15) is 8.42 Å². The first-order valence-corrected chi connectivity index (χ1v) is 5.76. The highest BCUT2D eigenvalue weighted by Crippen LogP contribution is 2.49. The Kier molecular flexibility index (Phi) is 2.47. The minimum absolute atomic E-state index is 0.118. The van der Waals surface area contributed by atoms with Gasteiger partial charge in [-0.05, 0) is 6.42 Å². The minimum atomic E-state index is -3.00. The predicted molar refractivity (Wildman–Crippen MR) is 46.4 cm³/mol. The highest BCUT2D eigenvalue weighted by molar-refractivity contribution is 7.92. The van der Waals surface area contributed by atoms with Crippen molar-refractivity contribution in [2.75, 3.05) is 18.9 Å². The predicted octanol–water partition coefficient (Wildman–Crippen LogP) is -0.869. The monoisotopic (exact) mass is 193 g/mol. The van der Waals surface area contributed by atoms with Crippen LogP contribution in [0.1, 0.15) is 13.3 Å². The van der Waals surface area contributed by atoms with Gasteiger partial charge in [0.2, 0.25) is 0 Å². The molecule has 0 aromatic heterocycles. The van der Waals surface area contributed by atoms with Gasteiger partial charge < -0.3 is 10.8 Å². The molecule has 1 aliphatic carbocycles. The highest BCUT2D eigenvalue weighted by atomic mass is 32.2. The number of aliphatic hydroxyl groups is 1. The smallest absolute Gasteiger partial charge is 0.153 e. The van der Waals surface area contributed by atoms with E-state index in [1.165, 1.54) is 0 Å². The average molecular weight is 193 g/mol. The van der Waals surface area contributed by atoms with Gasteiger partial charge in [-0.15, -0.1) is 0 Å². The van der Waals surface area contributed by atoms with Crippen LogP contribution in [-0.4, -0.2) is 37.7 Å². The Bertz CT molecular complexity index is 256. The van der Waals surface area contributed by atoms with Gasteiger partial charge in [-0.3, -0.25) is 0 Å². The third-order valence-corrected chi connectivity index (χ3v) is 5.01. The second-order valence-corrected chi connectivity index (χ2v) is 5.84. The van der Waals surface area contributed by atoms with E-state index in [1.807, 2.05) is 0 Å². The molecule has 1 saturated carbocycles. The molecule has 0 aliphatic heterocycles. The number of hydrogen-bond acceptors (Lipinski definition) is 4. The molecular weight excluding hydrogens is 178 g/mol. The van der Waals surface area contributed by atoms with Crippen LogP contribution in [0.25, 0.3) is 0 Å². The first-order chi connectivity index (χ1) is 5.52. The van der Waals surface area contributed by atoms with Crippen molar-refractivity contribution >= 4 is 9.84 Å². The van der Waals surface area contributed by atoms with Crippen LogP contribution in [0.15, 0.2) is 0 Å². The summed E-state index contributed by atoms with van der Waals surface area (Å²) in [5.41, 5.74) is 4.88. The molecule has 0 heterocycles. The molecule has 1 aliphatic rings. The van der Waals surface area contributed by atoms with Crippen molar-refractivity contribution in [3.8, 4) is 0 Å². The first kappa shape index (κ1) is 9.95. The zero-order chi connectivity index (χ0) is 9.41. The van der Waals surface area contributed by atoms with Crippen LogP contribution in [0.2, 0.25) is 0 Å². The van der Waals surface area contributed by atoms with Crippen LogP contribution in [0.4, 0.5) is 0 Å². The Morgan fingerprint density at radius 3 is 2.50 bits per heavy atom.